The van der Waals surface area contributed by atoms with Gasteiger partial charge in [0.2, 0.25) is 0 Å². The number of fused-ring (bicyclic) bond motifs is 5. The molecule has 0 bridgehead atoms. The standard InChI is InChI=1S/C29H41F5O9S/c1-16(4-7-23(37)43-25(28(30,31)32)29(33,34)44(38,39)40)19-5-6-20-24-21(9-11-27(19,20)3)26(2)10-8-18(41-14-35)12-17(26)13-22(24)42-15-36/h14-22,24-25H,4-13H2,1-3H3,(H,38,39,40)/t16-,17?,18-,19-,20+,21+,22-,24+,25?,26+,27-/m1/s1. The van der Waals surface area contributed by atoms with E-state index in [-0.39, 0.29) is 65.0 Å². The van der Waals surface area contributed by atoms with Gasteiger partial charge in [-0.2, -0.15) is 30.4 Å². The normalized spacial score (nSPS) is 38.7. The van der Waals surface area contributed by atoms with Crippen LogP contribution in [-0.2, 0) is 38.7 Å². The highest BCUT2D eigenvalue weighted by molar-refractivity contribution is 7.86. The highest BCUT2D eigenvalue weighted by atomic mass is 32.2. The van der Waals surface area contributed by atoms with Crippen molar-refractivity contribution in [3.63, 3.8) is 0 Å². The number of alkyl halides is 5. The first-order valence-corrected chi connectivity index (χ1v) is 16.5. The van der Waals surface area contributed by atoms with Crippen LogP contribution in [0.25, 0.3) is 0 Å². The SMILES string of the molecule is C[C@H](CCC(=O)OC(C(F)(F)F)C(F)(F)S(=O)(=O)O)[C@H]1CC[C@H]2[C@@H]3[C@H](OC=O)CC4C[C@H](OC=O)CC[C@]4(C)[C@H]3CC[C@]12C. The summed E-state index contributed by atoms with van der Waals surface area (Å²) in [4.78, 5) is 34.9. The van der Waals surface area contributed by atoms with Crippen LogP contribution >= 0.6 is 0 Å². The molecule has 11 atom stereocenters. The van der Waals surface area contributed by atoms with Crippen molar-refractivity contribution in [3.8, 4) is 0 Å². The minimum absolute atomic E-state index is 0.0219. The van der Waals surface area contributed by atoms with Gasteiger partial charge in [-0.1, -0.05) is 20.8 Å². The van der Waals surface area contributed by atoms with E-state index in [1.807, 2.05) is 6.92 Å². The third-order valence-electron chi connectivity index (χ3n) is 11.8. The van der Waals surface area contributed by atoms with E-state index in [2.05, 4.69) is 18.6 Å². The molecule has 9 nitrogen and oxygen atoms in total. The minimum atomic E-state index is -6.51. The lowest BCUT2D eigenvalue weighted by atomic mass is 9.43. The average Bonchev–Trinajstić information content (AvgIpc) is 3.27. The van der Waals surface area contributed by atoms with Crippen molar-refractivity contribution in [2.75, 3.05) is 0 Å². The Morgan fingerprint density at radius 1 is 0.955 bits per heavy atom. The second-order valence-electron chi connectivity index (χ2n) is 13.8. The quantitative estimate of drug-likeness (QED) is 0.0973. The van der Waals surface area contributed by atoms with Gasteiger partial charge in [-0.3, -0.25) is 18.9 Å². The first kappa shape index (κ1) is 34.8. The van der Waals surface area contributed by atoms with Gasteiger partial charge in [0, 0.05) is 12.3 Å². The van der Waals surface area contributed by atoms with E-state index in [1.54, 1.807) is 0 Å². The summed E-state index contributed by atoms with van der Waals surface area (Å²) in [5.41, 5.74) is -0.257. The van der Waals surface area contributed by atoms with E-state index in [0.29, 0.717) is 25.8 Å². The molecule has 4 aliphatic carbocycles. The largest absolute Gasteiger partial charge is 0.465 e. The summed E-state index contributed by atoms with van der Waals surface area (Å²) in [6.45, 7) is 7.25. The summed E-state index contributed by atoms with van der Waals surface area (Å²) in [6.07, 6.45) is -5.10. The number of carbonyl (C=O) groups is 3. The summed E-state index contributed by atoms with van der Waals surface area (Å²) in [7, 11) is -6.51. The first-order valence-electron chi connectivity index (χ1n) is 15.1. The summed E-state index contributed by atoms with van der Waals surface area (Å²) in [5, 5.41) is -5.77. The van der Waals surface area contributed by atoms with Crippen LogP contribution in [0.3, 0.4) is 0 Å². The lowest BCUT2D eigenvalue weighted by Gasteiger charge is -2.62. The predicted molar refractivity (Wildman–Crippen MR) is 143 cm³/mol. The zero-order valence-corrected chi connectivity index (χ0v) is 25.7. The highest BCUT2D eigenvalue weighted by Gasteiger charge is 2.66. The number of hydrogen-bond acceptors (Lipinski definition) is 8. The van der Waals surface area contributed by atoms with Gasteiger partial charge in [0.1, 0.15) is 12.2 Å². The first-order chi connectivity index (χ1) is 20.3. The van der Waals surface area contributed by atoms with Crippen LogP contribution in [0.4, 0.5) is 22.0 Å². The van der Waals surface area contributed by atoms with E-state index >= 15 is 0 Å². The molecule has 0 aromatic heterocycles. The van der Waals surface area contributed by atoms with Crippen molar-refractivity contribution in [1.82, 2.24) is 0 Å². The summed E-state index contributed by atoms with van der Waals surface area (Å²) < 4.78 is 113. The molecule has 0 aliphatic heterocycles. The number of carbonyl (C=O) groups excluding carboxylic acids is 3. The second kappa shape index (κ2) is 12.3. The van der Waals surface area contributed by atoms with Gasteiger partial charge in [0.15, 0.2) is 0 Å². The highest BCUT2D eigenvalue weighted by Crippen LogP contribution is 2.68. The maximum absolute atomic E-state index is 13.9. The summed E-state index contributed by atoms with van der Waals surface area (Å²) in [5.74, 6) is -1.07. The molecule has 0 amide bonds. The molecular formula is C29H41F5O9S. The molecule has 0 saturated heterocycles. The van der Waals surface area contributed by atoms with Crippen molar-refractivity contribution in [2.24, 2.45) is 46.3 Å². The Morgan fingerprint density at radius 3 is 2.16 bits per heavy atom. The monoisotopic (exact) mass is 660 g/mol. The fourth-order valence-corrected chi connectivity index (χ4v) is 10.2. The molecule has 0 radical (unpaired) electrons. The van der Waals surface area contributed by atoms with Gasteiger partial charge in [0.25, 0.3) is 19.0 Å². The minimum Gasteiger partial charge on any atom is -0.465 e. The number of halogens is 5. The summed E-state index contributed by atoms with van der Waals surface area (Å²) in [6, 6.07) is 0. The van der Waals surface area contributed by atoms with Crippen LogP contribution in [0, 0.1) is 46.3 Å². The van der Waals surface area contributed by atoms with E-state index in [4.69, 9.17) is 14.0 Å². The molecule has 15 heteroatoms. The lowest BCUT2D eigenvalue weighted by molar-refractivity contribution is -0.259. The Hall–Kier alpha value is -2.03. The van der Waals surface area contributed by atoms with E-state index in [9.17, 15) is 44.8 Å². The maximum Gasteiger partial charge on any atom is 0.432 e. The molecule has 4 fully saturated rings. The lowest BCUT2D eigenvalue weighted by Crippen LogP contribution is -2.59. The maximum atomic E-state index is 13.9. The number of esters is 1. The molecule has 4 saturated carbocycles. The van der Waals surface area contributed by atoms with Crippen molar-refractivity contribution < 1.29 is 63.5 Å². The van der Waals surface area contributed by atoms with Crippen LogP contribution in [0.5, 0.6) is 0 Å². The molecule has 44 heavy (non-hydrogen) atoms. The molecule has 2 unspecified atom stereocenters. The van der Waals surface area contributed by atoms with Gasteiger partial charge in [-0.05, 0) is 98.2 Å². The summed E-state index contributed by atoms with van der Waals surface area (Å²) >= 11 is 0. The van der Waals surface area contributed by atoms with Crippen molar-refractivity contribution in [3.05, 3.63) is 0 Å². The second-order valence-corrected chi connectivity index (χ2v) is 15.3. The van der Waals surface area contributed by atoms with Gasteiger partial charge < -0.3 is 14.2 Å². The zero-order valence-electron chi connectivity index (χ0n) is 24.9. The van der Waals surface area contributed by atoms with E-state index in [1.165, 1.54) is 0 Å². The fourth-order valence-electron chi connectivity index (χ4n) is 9.75. The fraction of sp³-hybridized carbons (Fsp3) is 0.897. The Labute approximate surface area is 253 Å². The van der Waals surface area contributed by atoms with E-state index < -0.39 is 40.0 Å². The topological polar surface area (TPSA) is 133 Å². The molecule has 0 aromatic carbocycles. The molecule has 0 spiro atoms. The number of ether oxygens (including phenoxy) is 3. The smallest absolute Gasteiger partial charge is 0.432 e. The number of hydrogen-bond donors (Lipinski definition) is 1. The molecule has 0 aromatic rings. The third kappa shape index (κ3) is 6.20. The Kier molecular flexibility index (Phi) is 9.73. The predicted octanol–water partition coefficient (Wildman–Crippen LogP) is 5.71. The molecule has 252 valence electrons. The van der Waals surface area contributed by atoms with Gasteiger partial charge in [-0.15, -0.1) is 0 Å². The number of rotatable bonds is 11. The van der Waals surface area contributed by atoms with Crippen LogP contribution < -0.4 is 0 Å². The Morgan fingerprint density at radius 2 is 1.57 bits per heavy atom. The van der Waals surface area contributed by atoms with Crippen LogP contribution in [-0.4, -0.2) is 61.6 Å². The van der Waals surface area contributed by atoms with Gasteiger partial charge in [0.05, 0.1) is 0 Å². The van der Waals surface area contributed by atoms with Crippen LogP contribution in [0.15, 0.2) is 0 Å². The Balaban J connectivity index is 1.46. The van der Waals surface area contributed by atoms with Crippen molar-refractivity contribution in [1.29, 1.82) is 0 Å². The Bertz CT molecular complexity index is 1200. The van der Waals surface area contributed by atoms with Gasteiger partial charge >= 0.3 is 27.5 Å². The molecule has 0 heterocycles. The van der Waals surface area contributed by atoms with Crippen molar-refractivity contribution in [2.45, 2.75) is 115 Å². The zero-order chi connectivity index (χ0) is 32.9. The third-order valence-corrected chi connectivity index (χ3v) is 12.8. The molecule has 4 aliphatic rings. The molecular weight excluding hydrogens is 619 g/mol. The van der Waals surface area contributed by atoms with Crippen LogP contribution in [0.1, 0.15) is 85.0 Å². The van der Waals surface area contributed by atoms with Crippen LogP contribution in [0.2, 0.25) is 0 Å². The molecule has 4 rings (SSSR count). The average molecular weight is 661 g/mol. The molecule has 1 N–H and O–H groups in total. The van der Waals surface area contributed by atoms with E-state index in [0.717, 1.165) is 38.5 Å². The van der Waals surface area contributed by atoms with Gasteiger partial charge in [-0.25, -0.2) is 0 Å². The van der Waals surface area contributed by atoms with Crippen molar-refractivity contribution >= 4 is 29.0 Å².